The summed E-state index contributed by atoms with van der Waals surface area (Å²) in [6, 6.07) is 9.43. The van der Waals surface area contributed by atoms with Crippen molar-refractivity contribution in [3.05, 3.63) is 65.9 Å². The smallest absolute Gasteiger partial charge is 0.253 e. The van der Waals surface area contributed by atoms with Crippen LogP contribution in [0.15, 0.2) is 48.8 Å². The van der Waals surface area contributed by atoms with Crippen LogP contribution in [-0.2, 0) is 6.54 Å². The van der Waals surface area contributed by atoms with Crippen molar-refractivity contribution in [3.63, 3.8) is 0 Å². The minimum absolute atomic E-state index is 0.271. The Labute approximate surface area is 131 Å². The molecular weight excluding hydrogens is 297 g/mol. The summed E-state index contributed by atoms with van der Waals surface area (Å²) in [5.74, 6) is -1.09. The number of halogens is 1. The van der Waals surface area contributed by atoms with Crippen LogP contribution in [0.5, 0.6) is 0 Å². The van der Waals surface area contributed by atoms with Gasteiger partial charge in [0.05, 0.1) is 23.3 Å². The molecule has 23 heavy (non-hydrogen) atoms. The fourth-order valence-corrected chi connectivity index (χ4v) is 2.41. The third kappa shape index (κ3) is 2.96. The van der Waals surface area contributed by atoms with Gasteiger partial charge in [0.1, 0.15) is 5.82 Å². The van der Waals surface area contributed by atoms with Gasteiger partial charge in [-0.25, -0.2) is 4.39 Å². The number of fused-ring (bicyclic) bond motifs is 1. The van der Waals surface area contributed by atoms with Crippen molar-refractivity contribution in [2.75, 3.05) is 0 Å². The summed E-state index contributed by atoms with van der Waals surface area (Å²) >= 11 is 0. The first-order chi connectivity index (χ1) is 11.1. The highest BCUT2D eigenvalue weighted by Gasteiger charge is 2.17. The molecule has 0 bridgehead atoms. The Morgan fingerprint density at radius 3 is 2.78 bits per heavy atom. The molecule has 2 aromatic heterocycles. The van der Waals surface area contributed by atoms with Crippen LogP contribution in [0, 0.1) is 5.82 Å². The maximum atomic E-state index is 13.4. The first-order valence-corrected chi connectivity index (χ1v) is 7.06. The molecule has 2 heterocycles. The summed E-state index contributed by atoms with van der Waals surface area (Å²) in [7, 11) is 0. The van der Waals surface area contributed by atoms with Gasteiger partial charge in [-0.2, -0.15) is 0 Å². The van der Waals surface area contributed by atoms with Gasteiger partial charge in [-0.05, 0) is 30.3 Å². The van der Waals surface area contributed by atoms with Crippen molar-refractivity contribution in [2.24, 2.45) is 0 Å². The number of nitrogens with one attached hydrogen (secondary N) is 1. The summed E-state index contributed by atoms with van der Waals surface area (Å²) in [5.41, 5.74) is 1.42. The van der Waals surface area contributed by atoms with E-state index in [-0.39, 0.29) is 18.4 Å². The van der Waals surface area contributed by atoms with Crippen LogP contribution in [-0.4, -0.2) is 21.4 Å². The molecule has 1 amide bonds. The molecule has 0 aliphatic carbocycles. The van der Waals surface area contributed by atoms with Crippen LogP contribution in [0.25, 0.3) is 10.9 Å². The molecule has 0 spiro atoms. The molecule has 0 unspecified atom stereocenters. The largest absolute Gasteiger partial charge is 0.346 e. The highest BCUT2D eigenvalue weighted by Crippen LogP contribution is 2.22. The zero-order chi connectivity index (χ0) is 16.4. The molecular formula is C17H14FN3O2. The van der Waals surface area contributed by atoms with Crippen LogP contribution in [0.3, 0.4) is 0 Å². The Hall–Kier alpha value is -3.02. The Bertz CT molecular complexity index is 887. The topological polar surface area (TPSA) is 64.0 Å². The van der Waals surface area contributed by atoms with Crippen LogP contribution >= 0.6 is 0 Å². The highest BCUT2D eigenvalue weighted by molar-refractivity contribution is 6.09. The summed E-state index contributed by atoms with van der Waals surface area (Å²) in [6.45, 7) is 1.63. The fraction of sp³-hybridized carbons (Fsp3) is 0.118. The normalized spacial score (nSPS) is 10.7. The number of nitrogens with zero attached hydrogens (tertiary/aromatic N) is 2. The van der Waals surface area contributed by atoms with Gasteiger partial charge in [0.15, 0.2) is 0 Å². The van der Waals surface area contributed by atoms with Gasteiger partial charge in [0.2, 0.25) is 5.91 Å². The van der Waals surface area contributed by atoms with Gasteiger partial charge in [0.25, 0.3) is 5.91 Å². The van der Waals surface area contributed by atoms with E-state index in [0.29, 0.717) is 16.5 Å². The standard InChI is InChI=1S/C17H14FN3O2/c1-11(22)21-10-15(14-6-5-12(18)8-16(14)21)17(23)20-9-13-4-2-3-7-19-13/h2-8,10H,9H2,1H3,(H,20,23). The van der Waals surface area contributed by atoms with Gasteiger partial charge in [-0.3, -0.25) is 19.1 Å². The summed E-state index contributed by atoms with van der Waals surface area (Å²) in [4.78, 5) is 28.2. The van der Waals surface area contributed by atoms with Crippen molar-refractivity contribution in [3.8, 4) is 0 Å². The monoisotopic (exact) mass is 311 g/mol. The molecule has 116 valence electrons. The maximum Gasteiger partial charge on any atom is 0.253 e. The Morgan fingerprint density at radius 2 is 2.09 bits per heavy atom. The van der Waals surface area contributed by atoms with Crippen molar-refractivity contribution < 1.29 is 14.0 Å². The molecule has 0 aliphatic rings. The SMILES string of the molecule is CC(=O)n1cc(C(=O)NCc2ccccn2)c2ccc(F)cc21. The van der Waals surface area contributed by atoms with E-state index in [2.05, 4.69) is 10.3 Å². The zero-order valence-corrected chi connectivity index (χ0v) is 12.4. The minimum atomic E-state index is -0.460. The lowest BCUT2D eigenvalue weighted by Crippen LogP contribution is -2.23. The van der Waals surface area contributed by atoms with E-state index >= 15 is 0 Å². The Morgan fingerprint density at radius 1 is 1.26 bits per heavy atom. The van der Waals surface area contributed by atoms with Crippen molar-refractivity contribution >= 4 is 22.7 Å². The minimum Gasteiger partial charge on any atom is -0.346 e. The van der Waals surface area contributed by atoms with E-state index in [1.807, 2.05) is 6.07 Å². The molecule has 1 N–H and O–H groups in total. The molecule has 3 aromatic rings. The lowest BCUT2D eigenvalue weighted by atomic mass is 10.1. The van der Waals surface area contributed by atoms with E-state index < -0.39 is 5.82 Å². The molecule has 3 rings (SSSR count). The number of aromatic nitrogens is 2. The van der Waals surface area contributed by atoms with E-state index in [0.717, 1.165) is 5.69 Å². The zero-order valence-electron chi connectivity index (χ0n) is 12.4. The number of rotatable bonds is 3. The summed E-state index contributed by atoms with van der Waals surface area (Å²) in [6.07, 6.45) is 3.08. The number of carbonyl (C=O) groups excluding carboxylic acids is 2. The molecule has 0 atom stereocenters. The van der Waals surface area contributed by atoms with Gasteiger partial charge in [-0.1, -0.05) is 6.07 Å². The van der Waals surface area contributed by atoms with Crippen LogP contribution in [0.4, 0.5) is 4.39 Å². The first-order valence-electron chi connectivity index (χ1n) is 7.06. The average Bonchev–Trinajstić information content (AvgIpc) is 2.92. The predicted molar refractivity (Wildman–Crippen MR) is 83.6 cm³/mol. The molecule has 0 saturated carbocycles. The molecule has 1 aromatic carbocycles. The number of hydrogen-bond donors (Lipinski definition) is 1. The molecule has 6 heteroatoms. The number of pyridine rings is 1. The van der Waals surface area contributed by atoms with E-state index in [4.69, 9.17) is 0 Å². The molecule has 0 saturated heterocycles. The molecule has 0 radical (unpaired) electrons. The van der Waals surface area contributed by atoms with E-state index in [1.165, 1.54) is 35.9 Å². The lowest BCUT2D eigenvalue weighted by Gasteiger charge is -2.03. The van der Waals surface area contributed by atoms with Gasteiger partial charge >= 0.3 is 0 Å². The summed E-state index contributed by atoms with van der Waals surface area (Å²) < 4.78 is 14.7. The van der Waals surface area contributed by atoms with Gasteiger partial charge < -0.3 is 5.32 Å². The quantitative estimate of drug-likeness (QED) is 0.809. The van der Waals surface area contributed by atoms with Crippen LogP contribution in [0.2, 0.25) is 0 Å². The van der Waals surface area contributed by atoms with Crippen LogP contribution in [0.1, 0.15) is 27.8 Å². The van der Waals surface area contributed by atoms with Crippen molar-refractivity contribution in [1.29, 1.82) is 0 Å². The fourth-order valence-electron chi connectivity index (χ4n) is 2.41. The summed E-state index contributed by atoms with van der Waals surface area (Å²) in [5, 5.41) is 3.28. The number of carbonyl (C=O) groups is 2. The number of amides is 1. The third-order valence-corrected chi connectivity index (χ3v) is 3.51. The number of benzene rings is 1. The van der Waals surface area contributed by atoms with E-state index in [9.17, 15) is 14.0 Å². The predicted octanol–water partition coefficient (Wildman–Crippen LogP) is 2.77. The first kappa shape index (κ1) is 14.9. The second-order valence-corrected chi connectivity index (χ2v) is 5.10. The lowest BCUT2D eigenvalue weighted by molar-refractivity contribution is 0.0941. The van der Waals surface area contributed by atoms with Crippen LogP contribution < -0.4 is 5.32 Å². The maximum absolute atomic E-state index is 13.4. The van der Waals surface area contributed by atoms with E-state index in [1.54, 1.807) is 18.3 Å². The third-order valence-electron chi connectivity index (χ3n) is 3.51. The average molecular weight is 311 g/mol. The highest BCUT2D eigenvalue weighted by atomic mass is 19.1. The molecule has 0 fully saturated rings. The Balaban J connectivity index is 1.93. The molecule has 5 nitrogen and oxygen atoms in total. The van der Waals surface area contributed by atoms with Gasteiger partial charge in [0, 0.05) is 24.7 Å². The molecule has 0 aliphatic heterocycles. The van der Waals surface area contributed by atoms with Crippen molar-refractivity contribution in [1.82, 2.24) is 14.9 Å². The second-order valence-electron chi connectivity index (χ2n) is 5.10. The number of hydrogen-bond acceptors (Lipinski definition) is 3. The van der Waals surface area contributed by atoms with Crippen molar-refractivity contribution in [2.45, 2.75) is 13.5 Å². The second kappa shape index (κ2) is 6.00. The van der Waals surface area contributed by atoms with Gasteiger partial charge in [-0.15, -0.1) is 0 Å². The Kier molecular flexibility index (Phi) is 3.89.